The highest BCUT2D eigenvalue weighted by atomic mass is 19.1. The van der Waals surface area contributed by atoms with Crippen molar-refractivity contribution in [3.8, 4) is 0 Å². The second-order valence-corrected chi connectivity index (χ2v) is 4.08. The van der Waals surface area contributed by atoms with E-state index in [0.717, 1.165) is 5.56 Å². The maximum Gasteiger partial charge on any atom is 0.290 e. The third-order valence-corrected chi connectivity index (χ3v) is 2.57. The first kappa shape index (κ1) is 12.3. The number of hydrogen-bond donors (Lipinski definition) is 1. The van der Waals surface area contributed by atoms with E-state index in [1.54, 1.807) is 25.1 Å². The molecule has 1 aromatic carbocycles. The molecule has 0 saturated heterocycles. The largest absolute Gasteiger partial charge is 0.351 e. The number of rotatable bonds is 3. The van der Waals surface area contributed by atoms with Gasteiger partial charge in [-0.15, -0.1) is 0 Å². The van der Waals surface area contributed by atoms with E-state index >= 15 is 0 Å². The van der Waals surface area contributed by atoms with Crippen LogP contribution in [0.5, 0.6) is 0 Å². The Bertz CT molecular complexity index is 548. The quantitative estimate of drug-likeness (QED) is 0.908. The molecule has 0 fully saturated rings. The molecule has 0 aliphatic heterocycles. The highest BCUT2D eigenvalue weighted by molar-refractivity contribution is 5.91. The lowest BCUT2D eigenvalue weighted by molar-refractivity contribution is 0.0902. The number of nitrogens with zero attached hydrogens (tertiary/aromatic N) is 1. The van der Waals surface area contributed by atoms with E-state index in [1.165, 1.54) is 12.1 Å². The number of carbonyl (C=O) groups is 1. The minimum absolute atomic E-state index is 0.168. The van der Waals surface area contributed by atoms with E-state index < -0.39 is 0 Å². The Balaban J connectivity index is 2.05. The number of halogens is 1. The summed E-state index contributed by atoms with van der Waals surface area (Å²) in [5.74, 6) is -0.475. The third kappa shape index (κ3) is 2.74. The molecule has 5 heteroatoms. The Morgan fingerprint density at radius 2 is 2.06 bits per heavy atom. The number of aryl methyl sites for hydroxylation is 1. The standard InChI is InChI=1S/C13H13FN2O2/c1-8-7-12(18-16-8)13(17)15-9(2)10-3-5-11(14)6-4-10/h3-7,9H,1-2H3,(H,15,17). The zero-order valence-electron chi connectivity index (χ0n) is 10.1. The van der Waals surface area contributed by atoms with Crippen LogP contribution in [0.1, 0.15) is 34.8 Å². The summed E-state index contributed by atoms with van der Waals surface area (Å²) in [6.45, 7) is 3.55. The Labute approximate surface area is 104 Å². The highest BCUT2D eigenvalue weighted by Gasteiger charge is 2.15. The third-order valence-electron chi connectivity index (χ3n) is 2.57. The van der Waals surface area contributed by atoms with Crippen LogP contribution in [0.15, 0.2) is 34.9 Å². The van der Waals surface area contributed by atoms with Crippen LogP contribution in [0.25, 0.3) is 0 Å². The zero-order chi connectivity index (χ0) is 13.1. The van der Waals surface area contributed by atoms with Gasteiger partial charge in [-0.1, -0.05) is 17.3 Å². The Morgan fingerprint density at radius 3 is 2.61 bits per heavy atom. The predicted molar refractivity (Wildman–Crippen MR) is 63.5 cm³/mol. The average molecular weight is 248 g/mol. The van der Waals surface area contributed by atoms with Gasteiger partial charge in [0.25, 0.3) is 5.91 Å². The number of benzene rings is 1. The molecule has 1 unspecified atom stereocenters. The SMILES string of the molecule is Cc1cc(C(=O)NC(C)c2ccc(F)cc2)on1. The average Bonchev–Trinajstić information content (AvgIpc) is 2.76. The van der Waals surface area contributed by atoms with Gasteiger partial charge >= 0.3 is 0 Å². The predicted octanol–water partition coefficient (Wildman–Crippen LogP) is 2.61. The molecular weight excluding hydrogens is 235 g/mol. The van der Waals surface area contributed by atoms with E-state index in [9.17, 15) is 9.18 Å². The van der Waals surface area contributed by atoms with Gasteiger partial charge < -0.3 is 9.84 Å². The summed E-state index contributed by atoms with van der Waals surface area (Å²) in [6.07, 6.45) is 0. The minimum atomic E-state index is -0.340. The van der Waals surface area contributed by atoms with Crippen LogP contribution >= 0.6 is 0 Å². The fourth-order valence-corrected chi connectivity index (χ4v) is 1.57. The second kappa shape index (κ2) is 5.00. The molecule has 1 amide bonds. The van der Waals surface area contributed by atoms with Gasteiger partial charge in [0.15, 0.2) is 0 Å². The minimum Gasteiger partial charge on any atom is -0.351 e. The van der Waals surface area contributed by atoms with Gasteiger partial charge in [0.2, 0.25) is 5.76 Å². The molecule has 0 radical (unpaired) electrons. The Morgan fingerprint density at radius 1 is 1.39 bits per heavy atom. The van der Waals surface area contributed by atoms with Gasteiger partial charge in [-0.05, 0) is 31.5 Å². The van der Waals surface area contributed by atoms with Crippen LogP contribution in [-0.4, -0.2) is 11.1 Å². The summed E-state index contributed by atoms with van der Waals surface area (Å²) < 4.78 is 17.6. The maximum atomic E-state index is 12.8. The van der Waals surface area contributed by atoms with Crippen molar-refractivity contribution < 1.29 is 13.7 Å². The van der Waals surface area contributed by atoms with Crippen LogP contribution in [0, 0.1) is 12.7 Å². The summed E-state index contributed by atoms with van der Waals surface area (Å²) in [5, 5.41) is 6.39. The van der Waals surface area contributed by atoms with Gasteiger partial charge in [0.05, 0.1) is 11.7 Å². The van der Waals surface area contributed by atoms with E-state index in [2.05, 4.69) is 10.5 Å². The molecule has 94 valence electrons. The van der Waals surface area contributed by atoms with Crippen molar-refractivity contribution in [1.29, 1.82) is 0 Å². The van der Waals surface area contributed by atoms with Crippen molar-refractivity contribution in [2.75, 3.05) is 0 Å². The molecule has 0 spiro atoms. The summed E-state index contributed by atoms with van der Waals surface area (Å²) in [7, 11) is 0. The van der Waals surface area contributed by atoms with E-state index in [0.29, 0.717) is 5.69 Å². The van der Waals surface area contributed by atoms with Gasteiger partial charge in [0, 0.05) is 6.07 Å². The lowest BCUT2D eigenvalue weighted by Crippen LogP contribution is -2.26. The van der Waals surface area contributed by atoms with Gasteiger partial charge in [-0.2, -0.15) is 0 Å². The Hall–Kier alpha value is -2.17. The molecule has 1 aromatic heterocycles. The van der Waals surface area contributed by atoms with Gasteiger partial charge in [0.1, 0.15) is 5.82 Å². The number of nitrogens with one attached hydrogen (secondary N) is 1. The monoisotopic (exact) mass is 248 g/mol. The van der Waals surface area contributed by atoms with Gasteiger partial charge in [-0.3, -0.25) is 4.79 Å². The van der Waals surface area contributed by atoms with Crippen molar-refractivity contribution >= 4 is 5.91 Å². The second-order valence-electron chi connectivity index (χ2n) is 4.08. The van der Waals surface area contributed by atoms with Crippen LogP contribution in [0.4, 0.5) is 4.39 Å². The number of hydrogen-bond acceptors (Lipinski definition) is 3. The van der Waals surface area contributed by atoms with Crippen LogP contribution in [0.2, 0.25) is 0 Å². The molecule has 4 nitrogen and oxygen atoms in total. The summed E-state index contributed by atoms with van der Waals surface area (Å²) >= 11 is 0. The zero-order valence-corrected chi connectivity index (χ0v) is 10.1. The number of aromatic nitrogens is 1. The van der Waals surface area contributed by atoms with Crippen molar-refractivity contribution in [1.82, 2.24) is 10.5 Å². The molecule has 0 saturated carbocycles. The first-order chi connectivity index (χ1) is 8.56. The lowest BCUT2D eigenvalue weighted by atomic mass is 10.1. The normalized spacial score (nSPS) is 12.2. The van der Waals surface area contributed by atoms with Crippen LogP contribution in [0.3, 0.4) is 0 Å². The van der Waals surface area contributed by atoms with Crippen LogP contribution < -0.4 is 5.32 Å². The van der Waals surface area contributed by atoms with E-state index in [1.807, 2.05) is 6.92 Å². The summed E-state index contributed by atoms with van der Waals surface area (Å²) in [5.41, 5.74) is 1.47. The molecule has 1 atom stereocenters. The number of carbonyl (C=O) groups excluding carboxylic acids is 1. The molecule has 18 heavy (non-hydrogen) atoms. The van der Waals surface area contributed by atoms with Crippen LogP contribution in [-0.2, 0) is 0 Å². The smallest absolute Gasteiger partial charge is 0.290 e. The van der Waals surface area contributed by atoms with E-state index in [-0.39, 0.29) is 23.5 Å². The van der Waals surface area contributed by atoms with Crippen molar-refractivity contribution in [3.05, 3.63) is 53.2 Å². The summed E-state index contributed by atoms with van der Waals surface area (Å²) in [6, 6.07) is 7.31. The molecule has 2 aromatic rings. The maximum absolute atomic E-state index is 12.8. The molecule has 2 rings (SSSR count). The van der Waals surface area contributed by atoms with E-state index in [4.69, 9.17) is 4.52 Å². The van der Waals surface area contributed by atoms with Crippen molar-refractivity contribution in [2.45, 2.75) is 19.9 Å². The first-order valence-electron chi connectivity index (χ1n) is 5.56. The molecule has 0 aliphatic carbocycles. The van der Waals surface area contributed by atoms with Gasteiger partial charge in [-0.25, -0.2) is 4.39 Å². The van der Waals surface area contributed by atoms with Crippen molar-refractivity contribution in [3.63, 3.8) is 0 Å². The molecule has 1 N–H and O–H groups in total. The molecule has 1 heterocycles. The fraction of sp³-hybridized carbons (Fsp3) is 0.231. The molecule has 0 aliphatic rings. The topological polar surface area (TPSA) is 55.1 Å². The lowest BCUT2D eigenvalue weighted by Gasteiger charge is -2.12. The molecular formula is C13H13FN2O2. The number of amides is 1. The highest BCUT2D eigenvalue weighted by Crippen LogP contribution is 2.14. The Kier molecular flexibility index (Phi) is 3.41. The first-order valence-corrected chi connectivity index (χ1v) is 5.56. The summed E-state index contributed by atoms with van der Waals surface area (Å²) in [4.78, 5) is 11.8. The fourth-order valence-electron chi connectivity index (χ4n) is 1.57. The van der Waals surface area contributed by atoms with Crippen molar-refractivity contribution in [2.24, 2.45) is 0 Å². The molecule has 0 bridgehead atoms.